The SMILES string of the molecule is C.C.C.C1CCOC1.O.OCO.[H+]. The highest BCUT2D eigenvalue weighted by Crippen LogP contribution is 1.98. The van der Waals surface area contributed by atoms with Gasteiger partial charge in [0, 0.05) is 13.2 Å². The topological polar surface area (TPSA) is 81.2 Å². The third kappa shape index (κ3) is 32.8. The van der Waals surface area contributed by atoms with Crippen molar-refractivity contribution >= 4 is 0 Å². The van der Waals surface area contributed by atoms with E-state index >= 15 is 0 Å². The molecule has 4 nitrogen and oxygen atoms in total. The van der Waals surface area contributed by atoms with E-state index in [1.807, 2.05) is 0 Å². The zero-order chi connectivity index (χ0) is 6.24. The van der Waals surface area contributed by atoms with Crippen LogP contribution in [0.25, 0.3) is 0 Å². The number of rotatable bonds is 0. The van der Waals surface area contributed by atoms with Crippen molar-refractivity contribution in [3.63, 3.8) is 0 Å². The van der Waals surface area contributed by atoms with Crippen LogP contribution in [-0.4, -0.2) is 35.7 Å². The van der Waals surface area contributed by atoms with E-state index in [0.29, 0.717) is 0 Å². The second-order valence-electron chi connectivity index (χ2n) is 1.46. The summed E-state index contributed by atoms with van der Waals surface area (Å²) in [6, 6.07) is 0. The third-order valence-electron chi connectivity index (χ3n) is 0.827. The van der Waals surface area contributed by atoms with Gasteiger partial charge in [-0.1, -0.05) is 22.3 Å². The Bertz CT molecular complexity index is 35.5. The number of hydrogen-bond donors (Lipinski definition) is 2. The molecule has 0 spiro atoms. The predicted molar refractivity (Wildman–Crippen MR) is 54.3 cm³/mol. The van der Waals surface area contributed by atoms with E-state index in [0.717, 1.165) is 13.2 Å². The Morgan fingerprint density at radius 3 is 1.33 bits per heavy atom. The lowest BCUT2D eigenvalue weighted by molar-refractivity contribution is 0.0773. The van der Waals surface area contributed by atoms with Gasteiger partial charge in [-0.05, 0) is 12.8 Å². The maximum Gasteiger partial charge on any atom is 1.00 e. The lowest BCUT2D eigenvalue weighted by Crippen LogP contribution is -1.74. The van der Waals surface area contributed by atoms with Gasteiger partial charge in [0.2, 0.25) is 0 Å². The molecule has 1 saturated heterocycles. The van der Waals surface area contributed by atoms with Gasteiger partial charge in [-0.15, -0.1) is 0 Å². The van der Waals surface area contributed by atoms with Crippen molar-refractivity contribution in [1.29, 1.82) is 0 Å². The van der Waals surface area contributed by atoms with E-state index in [1.165, 1.54) is 12.8 Å². The number of ether oxygens (including phenoxy) is 1. The van der Waals surface area contributed by atoms with Gasteiger partial charge in [0.05, 0.1) is 0 Å². The highest BCUT2D eigenvalue weighted by Gasteiger charge is 1.94. The van der Waals surface area contributed by atoms with E-state index in [-0.39, 0.29) is 29.2 Å². The van der Waals surface area contributed by atoms with Crippen LogP contribution in [0.1, 0.15) is 36.5 Å². The molecule has 1 aliphatic rings. The Morgan fingerprint density at radius 1 is 1.00 bits per heavy atom. The fraction of sp³-hybridized carbons (Fsp3) is 1.00. The molecule has 0 unspecified atom stereocenters. The Hall–Kier alpha value is -0.160. The molecule has 82 valence electrons. The Morgan fingerprint density at radius 2 is 1.25 bits per heavy atom. The molecule has 1 fully saturated rings. The maximum atomic E-state index is 7.12. The molecule has 0 radical (unpaired) electrons. The van der Waals surface area contributed by atoms with Gasteiger partial charge in [0.1, 0.15) is 6.79 Å². The quantitative estimate of drug-likeness (QED) is 0.553. The van der Waals surface area contributed by atoms with E-state index in [1.54, 1.807) is 0 Å². The standard InChI is InChI=1S/C4H8O.CH4O2.3CH4.H2O/c1-2-4-5-3-1;2-1-3;;;;/h1-4H2;2-3H,1H2;3*1H4;1H2/p+1. The first-order chi connectivity index (χ1) is 3.91. The van der Waals surface area contributed by atoms with Crippen molar-refractivity contribution in [3.8, 4) is 0 Å². The summed E-state index contributed by atoms with van der Waals surface area (Å²) in [6.07, 6.45) is 2.56. The molecule has 0 aromatic carbocycles. The van der Waals surface area contributed by atoms with Crippen LogP contribution in [0.2, 0.25) is 0 Å². The molecule has 0 aromatic rings. The summed E-state index contributed by atoms with van der Waals surface area (Å²) in [4.78, 5) is 0. The molecular weight excluding hydrogens is 160 g/mol. The van der Waals surface area contributed by atoms with Gasteiger partial charge in [-0.25, -0.2) is 0 Å². The molecule has 0 saturated carbocycles. The van der Waals surface area contributed by atoms with E-state index in [4.69, 9.17) is 14.9 Å². The zero-order valence-electron chi connectivity index (χ0n) is 6.34. The van der Waals surface area contributed by atoms with E-state index in [2.05, 4.69) is 0 Å². The molecule has 4 N–H and O–H groups in total. The Labute approximate surface area is 78.0 Å². The normalized spacial score (nSPS) is 11.5. The third-order valence-corrected chi connectivity index (χ3v) is 0.827. The molecule has 0 aromatic heterocycles. The number of aliphatic hydroxyl groups excluding tert-OH is 1. The first-order valence-corrected chi connectivity index (χ1v) is 2.71. The molecule has 0 atom stereocenters. The van der Waals surface area contributed by atoms with Crippen LogP contribution in [0.4, 0.5) is 0 Å². The fourth-order valence-corrected chi connectivity index (χ4v) is 0.510. The summed E-state index contributed by atoms with van der Waals surface area (Å²) in [5.41, 5.74) is 0. The average molecular weight is 187 g/mol. The van der Waals surface area contributed by atoms with Crippen molar-refractivity contribution < 1.29 is 21.9 Å². The van der Waals surface area contributed by atoms with E-state index < -0.39 is 6.79 Å². The summed E-state index contributed by atoms with van der Waals surface area (Å²) in [6.45, 7) is 1.25. The summed E-state index contributed by atoms with van der Waals surface area (Å²) in [5.74, 6) is 0. The Kier molecular flexibility index (Phi) is 76.3. The smallest absolute Gasteiger partial charge is 0.412 e. The molecule has 4 heteroatoms. The van der Waals surface area contributed by atoms with Gasteiger partial charge in [0.25, 0.3) is 0 Å². The first kappa shape index (κ1) is 29.7. The lowest BCUT2D eigenvalue weighted by Gasteiger charge is -1.76. The zero-order valence-corrected chi connectivity index (χ0v) is 5.34. The van der Waals surface area contributed by atoms with Crippen molar-refractivity contribution in [1.82, 2.24) is 0 Å². The summed E-state index contributed by atoms with van der Waals surface area (Å²) < 4.78 is 4.94. The van der Waals surface area contributed by atoms with E-state index in [9.17, 15) is 0 Å². The molecule has 0 bridgehead atoms. The van der Waals surface area contributed by atoms with Gasteiger partial charge >= 0.3 is 1.43 Å². The molecule has 1 heterocycles. The maximum absolute atomic E-state index is 7.12. The minimum absolute atomic E-state index is 0. The minimum Gasteiger partial charge on any atom is -0.412 e. The van der Waals surface area contributed by atoms with Crippen LogP contribution in [0.3, 0.4) is 0 Å². The molecular formula is C8H27O4+. The van der Waals surface area contributed by atoms with Gasteiger partial charge in [-0.2, -0.15) is 0 Å². The van der Waals surface area contributed by atoms with Crippen LogP contribution in [0.5, 0.6) is 0 Å². The molecule has 0 aliphatic carbocycles. The van der Waals surface area contributed by atoms with Crippen molar-refractivity contribution in [3.05, 3.63) is 0 Å². The molecule has 0 amide bonds. The highest BCUT2D eigenvalue weighted by molar-refractivity contribution is 4.43. The van der Waals surface area contributed by atoms with Crippen LogP contribution in [0, 0.1) is 0 Å². The lowest BCUT2D eigenvalue weighted by atomic mass is 10.4. The molecule has 1 aliphatic heterocycles. The van der Waals surface area contributed by atoms with Crippen LogP contribution in [-0.2, 0) is 4.74 Å². The van der Waals surface area contributed by atoms with Gasteiger partial charge < -0.3 is 20.4 Å². The number of hydrogen-bond acceptors (Lipinski definition) is 3. The van der Waals surface area contributed by atoms with Gasteiger partial charge in [-0.3, -0.25) is 0 Å². The highest BCUT2D eigenvalue weighted by atomic mass is 16.5. The van der Waals surface area contributed by atoms with Crippen molar-refractivity contribution in [2.24, 2.45) is 0 Å². The van der Waals surface area contributed by atoms with Crippen LogP contribution in [0.15, 0.2) is 0 Å². The summed E-state index contributed by atoms with van der Waals surface area (Å²) in [5, 5.41) is 14.2. The minimum atomic E-state index is -0.750. The summed E-state index contributed by atoms with van der Waals surface area (Å²) >= 11 is 0. The largest absolute Gasteiger partial charge is 1.00 e. The summed E-state index contributed by atoms with van der Waals surface area (Å²) in [7, 11) is 0. The predicted octanol–water partition coefficient (Wildman–Crippen LogP) is 0.921. The van der Waals surface area contributed by atoms with Gasteiger partial charge in [0.15, 0.2) is 0 Å². The first-order valence-electron chi connectivity index (χ1n) is 2.71. The second-order valence-corrected chi connectivity index (χ2v) is 1.46. The van der Waals surface area contributed by atoms with Crippen LogP contribution >= 0.6 is 0 Å². The van der Waals surface area contributed by atoms with Crippen LogP contribution < -0.4 is 0 Å². The molecule has 1 rings (SSSR count). The monoisotopic (exact) mass is 187 g/mol. The fourth-order valence-electron chi connectivity index (χ4n) is 0.510. The average Bonchev–Trinajstić information content (AvgIpc) is 2.17. The second kappa shape index (κ2) is 30.8. The Balaban J connectivity index is -0.0000000144. The van der Waals surface area contributed by atoms with Crippen molar-refractivity contribution in [2.75, 3.05) is 20.0 Å². The van der Waals surface area contributed by atoms with Crippen molar-refractivity contribution in [2.45, 2.75) is 35.1 Å². The number of aliphatic hydroxyl groups is 2. The molecule has 12 heavy (non-hydrogen) atoms.